The number of rotatable bonds is 7. The Labute approximate surface area is 162 Å². The Balaban J connectivity index is 1.67. The highest BCUT2D eigenvalue weighted by atomic mass is 16.5. The molecule has 140 valence electrons. The predicted octanol–water partition coefficient (Wildman–Crippen LogP) is 3.52. The van der Waals surface area contributed by atoms with Gasteiger partial charge in [0, 0.05) is 18.0 Å². The topological polar surface area (TPSA) is 88.5 Å². The number of hydrogen-bond donors (Lipinski definition) is 2. The molecule has 0 saturated carbocycles. The highest BCUT2D eigenvalue weighted by Gasteiger charge is 2.13. The van der Waals surface area contributed by atoms with Crippen molar-refractivity contribution in [2.24, 2.45) is 0 Å². The maximum Gasteiger partial charge on any atom is 0.352 e. The Morgan fingerprint density at radius 2 is 1.64 bits per heavy atom. The van der Waals surface area contributed by atoms with Gasteiger partial charge in [-0.3, -0.25) is 9.78 Å². The third-order valence-electron chi connectivity index (χ3n) is 3.86. The van der Waals surface area contributed by atoms with Crippen molar-refractivity contribution in [2.45, 2.75) is 6.61 Å². The standard InChI is InChI=1S/C22H18N2O4/c25-21(18-4-2-1-3-5-18)24-20(22(26)27)14-16-6-8-19(9-7-16)28-15-17-10-12-23-13-11-17/h1-14H,15H2,(H,24,25)(H,26,27)/b20-14+. The number of carboxylic acids is 1. The quantitative estimate of drug-likeness (QED) is 0.618. The summed E-state index contributed by atoms with van der Waals surface area (Å²) in [6.07, 6.45) is 4.79. The molecule has 6 heteroatoms. The van der Waals surface area contributed by atoms with Crippen molar-refractivity contribution in [3.05, 3.63) is 102 Å². The van der Waals surface area contributed by atoms with Crippen molar-refractivity contribution in [1.82, 2.24) is 10.3 Å². The Kier molecular flexibility index (Phi) is 6.15. The first-order chi connectivity index (χ1) is 13.6. The van der Waals surface area contributed by atoms with Crippen LogP contribution < -0.4 is 10.1 Å². The highest BCUT2D eigenvalue weighted by molar-refractivity contribution is 6.02. The third-order valence-corrected chi connectivity index (χ3v) is 3.86. The molecule has 3 rings (SSSR count). The largest absolute Gasteiger partial charge is 0.489 e. The molecule has 0 atom stereocenters. The molecule has 3 aromatic rings. The number of ether oxygens (including phenoxy) is 1. The molecule has 0 unspecified atom stereocenters. The van der Waals surface area contributed by atoms with Crippen LogP contribution in [0.25, 0.3) is 6.08 Å². The predicted molar refractivity (Wildman–Crippen MR) is 105 cm³/mol. The fourth-order valence-electron chi connectivity index (χ4n) is 2.41. The molecular formula is C22H18N2O4. The smallest absolute Gasteiger partial charge is 0.352 e. The Morgan fingerprint density at radius 1 is 0.964 bits per heavy atom. The molecule has 1 heterocycles. The number of benzene rings is 2. The molecule has 0 spiro atoms. The normalized spacial score (nSPS) is 10.9. The molecule has 0 fully saturated rings. The molecule has 0 bridgehead atoms. The van der Waals surface area contributed by atoms with Crippen LogP contribution >= 0.6 is 0 Å². The zero-order chi connectivity index (χ0) is 19.8. The lowest BCUT2D eigenvalue weighted by Gasteiger charge is -2.08. The average molecular weight is 374 g/mol. The van der Waals surface area contributed by atoms with Crippen molar-refractivity contribution in [2.75, 3.05) is 0 Å². The van der Waals surface area contributed by atoms with Gasteiger partial charge in [0.25, 0.3) is 5.91 Å². The summed E-state index contributed by atoms with van der Waals surface area (Å²) in [7, 11) is 0. The third kappa shape index (κ3) is 5.28. The van der Waals surface area contributed by atoms with E-state index in [1.807, 2.05) is 12.1 Å². The summed E-state index contributed by atoms with van der Waals surface area (Å²) in [5.41, 5.74) is 1.80. The van der Waals surface area contributed by atoms with Gasteiger partial charge in [-0.05, 0) is 53.6 Å². The van der Waals surface area contributed by atoms with Gasteiger partial charge in [0.15, 0.2) is 0 Å². The SMILES string of the molecule is O=C(O)/C(=C\c1ccc(OCc2ccncc2)cc1)NC(=O)c1ccccc1. The van der Waals surface area contributed by atoms with Crippen molar-refractivity contribution in [3.63, 3.8) is 0 Å². The van der Waals surface area contributed by atoms with E-state index in [-0.39, 0.29) is 5.70 Å². The second-order valence-corrected chi connectivity index (χ2v) is 5.90. The number of pyridine rings is 1. The molecule has 2 N–H and O–H groups in total. The second-order valence-electron chi connectivity index (χ2n) is 5.90. The van der Waals surface area contributed by atoms with Crippen LogP contribution in [0.5, 0.6) is 5.75 Å². The summed E-state index contributed by atoms with van der Waals surface area (Å²) in [4.78, 5) is 27.6. The number of hydrogen-bond acceptors (Lipinski definition) is 4. The van der Waals surface area contributed by atoms with Gasteiger partial charge in [-0.1, -0.05) is 30.3 Å². The van der Waals surface area contributed by atoms with Gasteiger partial charge in [-0.15, -0.1) is 0 Å². The van der Waals surface area contributed by atoms with Gasteiger partial charge in [-0.2, -0.15) is 0 Å². The van der Waals surface area contributed by atoms with Crippen molar-refractivity contribution < 1.29 is 19.4 Å². The summed E-state index contributed by atoms with van der Waals surface area (Å²) >= 11 is 0. The minimum Gasteiger partial charge on any atom is -0.489 e. The second kappa shape index (κ2) is 9.14. The average Bonchev–Trinajstić information content (AvgIpc) is 2.74. The van der Waals surface area contributed by atoms with Crippen LogP contribution in [0, 0.1) is 0 Å². The molecule has 28 heavy (non-hydrogen) atoms. The number of nitrogens with one attached hydrogen (secondary N) is 1. The van der Waals surface area contributed by atoms with E-state index in [0.717, 1.165) is 5.56 Å². The number of nitrogens with zero attached hydrogens (tertiary/aromatic N) is 1. The first kappa shape index (κ1) is 18.8. The summed E-state index contributed by atoms with van der Waals surface area (Å²) in [5, 5.41) is 11.8. The van der Waals surface area contributed by atoms with E-state index in [2.05, 4.69) is 10.3 Å². The Bertz CT molecular complexity index is 968. The molecule has 0 saturated heterocycles. The van der Waals surface area contributed by atoms with E-state index >= 15 is 0 Å². The lowest BCUT2D eigenvalue weighted by Crippen LogP contribution is -2.27. The first-order valence-corrected chi connectivity index (χ1v) is 8.55. The lowest BCUT2D eigenvalue weighted by molar-refractivity contribution is -0.132. The minimum absolute atomic E-state index is 0.209. The van der Waals surface area contributed by atoms with Gasteiger partial charge in [-0.25, -0.2) is 4.79 Å². The van der Waals surface area contributed by atoms with Gasteiger partial charge in [0.1, 0.15) is 18.1 Å². The molecule has 1 aromatic heterocycles. The molecule has 0 aliphatic heterocycles. The van der Waals surface area contributed by atoms with Gasteiger partial charge >= 0.3 is 5.97 Å². The van der Waals surface area contributed by atoms with Crippen molar-refractivity contribution in [1.29, 1.82) is 0 Å². The maximum absolute atomic E-state index is 12.2. The minimum atomic E-state index is -1.22. The van der Waals surface area contributed by atoms with E-state index in [1.165, 1.54) is 6.08 Å². The number of aromatic nitrogens is 1. The van der Waals surface area contributed by atoms with Crippen LogP contribution in [0.1, 0.15) is 21.5 Å². The summed E-state index contributed by atoms with van der Waals surface area (Å²) in [6.45, 7) is 0.408. The number of amides is 1. The zero-order valence-electron chi connectivity index (χ0n) is 14.9. The van der Waals surface area contributed by atoms with E-state index in [1.54, 1.807) is 67.0 Å². The fraction of sp³-hybridized carbons (Fsp3) is 0.0455. The van der Waals surface area contributed by atoms with Crippen LogP contribution in [-0.4, -0.2) is 22.0 Å². The highest BCUT2D eigenvalue weighted by Crippen LogP contribution is 2.16. The van der Waals surface area contributed by atoms with Gasteiger partial charge in [0.05, 0.1) is 0 Å². The summed E-state index contributed by atoms with van der Waals surface area (Å²) < 4.78 is 5.69. The molecule has 0 aliphatic rings. The van der Waals surface area contributed by atoms with Crippen LogP contribution in [-0.2, 0) is 11.4 Å². The van der Waals surface area contributed by atoms with Crippen LogP contribution in [0.15, 0.2) is 84.8 Å². The van der Waals surface area contributed by atoms with Crippen LogP contribution in [0.2, 0.25) is 0 Å². The molecule has 6 nitrogen and oxygen atoms in total. The van der Waals surface area contributed by atoms with Crippen LogP contribution in [0.4, 0.5) is 0 Å². The van der Waals surface area contributed by atoms with Crippen molar-refractivity contribution in [3.8, 4) is 5.75 Å². The van der Waals surface area contributed by atoms with E-state index in [0.29, 0.717) is 23.5 Å². The molecule has 0 radical (unpaired) electrons. The number of aliphatic carboxylic acids is 1. The summed E-state index contributed by atoms with van der Waals surface area (Å²) in [5.74, 6) is -1.05. The Morgan fingerprint density at radius 3 is 2.29 bits per heavy atom. The molecule has 0 aliphatic carbocycles. The molecular weight excluding hydrogens is 356 g/mol. The fourth-order valence-corrected chi connectivity index (χ4v) is 2.41. The molecule has 2 aromatic carbocycles. The lowest BCUT2D eigenvalue weighted by atomic mass is 10.1. The van der Waals surface area contributed by atoms with E-state index < -0.39 is 11.9 Å². The Hall–Kier alpha value is -3.93. The van der Waals surface area contributed by atoms with Gasteiger partial charge < -0.3 is 15.2 Å². The van der Waals surface area contributed by atoms with E-state index in [9.17, 15) is 14.7 Å². The van der Waals surface area contributed by atoms with Crippen molar-refractivity contribution >= 4 is 18.0 Å². The van der Waals surface area contributed by atoms with Gasteiger partial charge in [0.2, 0.25) is 0 Å². The maximum atomic E-state index is 12.2. The number of carboxylic acid groups (broad SMARTS) is 1. The molecule has 1 amide bonds. The van der Waals surface area contributed by atoms with E-state index in [4.69, 9.17) is 4.74 Å². The van der Waals surface area contributed by atoms with Crippen LogP contribution in [0.3, 0.4) is 0 Å². The zero-order valence-corrected chi connectivity index (χ0v) is 14.9. The number of carbonyl (C=O) groups is 2. The monoisotopic (exact) mass is 374 g/mol. The summed E-state index contributed by atoms with van der Waals surface area (Å²) in [6, 6.07) is 19.1. The first-order valence-electron chi connectivity index (χ1n) is 8.55. The number of carbonyl (C=O) groups excluding carboxylic acids is 1.